The van der Waals surface area contributed by atoms with Gasteiger partial charge >= 0.3 is 0 Å². The molecule has 59 valence electrons. The summed E-state index contributed by atoms with van der Waals surface area (Å²) in [5.41, 5.74) is 6.63. The van der Waals surface area contributed by atoms with E-state index in [0.717, 1.165) is 5.56 Å². The maximum atomic E-state index is 10.3. The lowest BCUT2D eigenvalue weighted by Gasteiger charge is -2.05. The molecular weight excluding hydrogens is 138 g/mol. The molecule has 2 N–H and O–H groups in total. The molecule has 2 heteroatoms. The second kappa shape index (κ2) is 4.11. The maximum absolute atomic E-state index is 10.3. The largest absolute Gasteiger partial charge is 0.325 e. The SMILES string of the molecule is NC(C[O])Cc1ccccc1. The Hall–Kier alpha value is -0.860. The van der Waals surface area contributed by atoms with E-state index < -0.39 is 0 Å². The Balaban J connectivity index is 2.51. The predicted octanol–water partition coefficient (Wildman–Crippen LogP) is 0.987. The Kier molecular flexibility index (Phi) is 3.08. The van der Waals surface area contributed by atoms with Crippen molar-refractivity contribution < 1.29 is 5.11 Å². The normalized spacial score (nSPS) is 12.9. The zero-order chi connectivity index (χ0) is 8.10. The van der Waals surface area contributed by atoms with E-state index in [1.807, 2.05) is 30.3 Å². The number of hydrogen-bond donors (Lipinski definition) is 1. The first-order chi connectivity index (χ1) is 5.33. The molecule has 0 amide bonds. The van der Waals surface area contributed by atoms with E-state index in [1.165, 1.54) is 0 Å². The number of hydrogen-bond acceptors (Lipinski definition) is 1. The Bertz CT molecular complexity index is 198. The van der Waals surface area contributed by atoms with Crippen LogP contribution in [-0.2, 0) is 11.5 Å². The molecule has 0 aliphatic rings. The minimum Gasteiger partial charge on any atom is -0.325 e. The van der Waals surface area contributed by atoms with E-state index >= 15 is 0 Å². The van der Waals surface area contributed by atoms with E-state index in [4.69, 9.17) is 5.73 Å². The first kappa shape index (κ1) is 8.24. The first-order valence-corrected chi connectivity index (χ1v) is 3.70. The van der Waals surface area contributed by atoms with E-state index in [0.29, 0.717) is 6.42 Å². The van der Waals surface area contributed by atoms with E-state index in [-0.39, 0.29) is 12.6 Å². The molecule has 0 saturated heterocycles. The van der Waals surface area contributed by atoms with Crippen molar-refractivity contribution in [2.24, 2.45) is 5.73 Å². The van der Waals surface area contributed by atoms with E-state index in [2.05, 4.69) is 0 Å². The summed E-state index contributed by atoms with van der Waals surface area (Å²) in [5.74, 6) is 0. The number of nitrogens with two attached hydrogens (primary N) is 1. The Morgan fingerprint density at radius 3 is 2.45 bits per heavy atom. The lowest BCUT2D eigenvalue weighted by Crippen LogP contribution is -2.26. The van der Waals surface area contributed by atoms with Crippen molar-refractivity contribution in [1.29, 1.82) is 0 Å². The Labute approximate surface area is 66.7 Å². The minimum absolute atomic E-state index is 0.200. The summed E-state index contributed by atoms with van der Waals surface area (Å²) in [6, 6.07) is 9.58. The van der Waals surface area contributed by atoms with Crippen LogP contribution >= 0.6 is 0 Å². The third kappa shape index (κ3) is 2.70. The first-order valence-electron chi connectivity index (χ1n) is 3.70. The highest BCUT2D eigenvalue weighted by atomic mass is 16.3. The van der Waals surface area contributed by atoms with Crippen LogP contribution in [0, 0.1) is 0 Å². The molecule has 0 aliphatic heterocycles. The van der Waals surface area contributed by atoms with Crippen LogP contribution in [-0.4, -0.2) is 12.6 Å². The summed E-state index contributed by atoms with van der Waals surface area (Å²) in [4.78, 5) is 0. The predicted molar refractivity (Wildman–Crippen MR) is 43.7 cm³/mol. The maximum Gasteiger partial charge on any atom is 0.0976 e. The molecule has 0 bridgehead atoms. The van der Waals surface area contributed by atoms with Crippen LogP contribution in [0.4, 0.5) is 0 Å². The minimum atomic E-state index is -0.239. The average molecular weight is 150 g/mol. The summed E-state index contributed by atoms with van der Waals surface area (Å²) in [6.45, 7) is -0.200. The standard InChI is InChI=1S/C9H12NO/c10-9(7-11)6-8-4-2-1-3-5-8/h1-5,9H,6-7,10H2. The summed E-state index contributed by atoms with van der Waals surface area (Å²) < 4.78 is 0. The Morgan fingerprint density at radius 1 is 1.27 bits per heavy atom. The fourth-order valence-corrected chi connectivity index (χ4v) is 0.976. The fraction of sp³-hybridized carbons (Fsp3) is 0.333. The molecular formula is C9H12NO. The van der Waals surface area contributed by atoms with Gasteiger partial charge in [-0.1, -0.05) is 30.3 Å². The Morgan fingerprint density at radius 2 is 1.91 bits per heavy atom. The van der Waals surface area contributed by atoms with Gasteiger partial charge in [0.15, 0.2) is 0 Å². The molecule has 1 radical (unpaired) electrons. The summed E-state index contributed by atoms with van der Waals surface area (Å²) in [6.07, 6.45) is 0.685. The van der Waals surface area contributed by atoms with Crippen LogP contribution < -0.4 is 5.73 Å². The van der Waals surface area contributed by atoms with Crippen LogP contribution in [0.2, 0.25) is 0 Å². The second-order valence-corrected chi connectivity index (χ2v) is 2.62. The molecule has 0 aliphatic carbocycles. The van der Waals surface area contributed by atoms with Crippen LogP contribution in [0.5, 0.6) is 0 Å². The van der Waals surface area contributed by atoms with E-state index in [1.54, 1.807) is 0 Å². The van der Waals surface area contributed by atoms with Gasteiger partial charge in [-0.15, -0.1) is 0 Å². The summed E-state index contributed by atoms with van der Waals surface area (Å²) in [5, 5.41) is 10.3. The van der Waals surface area contributed by atoms with Gasteiger partial charge in [0.25, 0.3) is 0 Å². The van der Waals surface area contributed by atoms with Gasteiger partial charge in [0, 0.05) is 6.04 Å². The van der Waals surface area contributed by atoms with Gasteiger partial charge in [-0.3, -0.25) is 0 Å². The molecule has 0 heterocycles. The molecule has 0 fully saturated rings. The van der Waals surface area contributed by atoms with E-state index in [9.17, 15) is 5.11 Å². The van der Waals surface area contributed by atoms with Crippen LogP contribution in [0.1, 0.15) is 5.56 Å². The second-order valence-electron chi connectivity index (χ2n) is 2.62. The van der Waals surface area contributed by atoms with Crippen LogP contribution in [0.25, 0.3) is 0 Å². The lowest BCUT2D eigenvalue weighted by molar-refractivity contribution is 0.173. The third-order valence-electron chi connectivity index (χ3n) is 1.55. The molecule has 0 saturated carbocycles. The van der Waals surface area contributed by atoms with Gasteiger partial charge in [-0.05, 0) is 12.0 Å². The van der Waals surface area contributed by atoms with Gasteiger partial charge < -0.3 is 5.73 Å². The van der Waals surface area contributed by atoms with Crippen molar-refractivity contribution >= 4 is 0 Å². The molecule has 1 aromatic carbocycles. The molecule has 0 aromatic heterocycles. The quantitative estimate of drug-likeness (QED) is 0.686. The van der Waals surface area contributed by atoms with Crippen LogP contribution in [0.3, 0.4) is 0 Å². The van der Waals surface area contributed by atoms with Crippen LogP contribution in [0.15, 0.2) is 30.3 Å². The van der Waals surface area contributed by atoms with Crippen molar-refractivity contribution in [3.8, 4) is 0 Å². The highest BCUT2D eigenvalue weighted by molar-refractivity contribution is 5.15. The summed E-state index contributed by atoms with van der Waals surface area (Å²) in [7, 11) is 0. The van der Waals surface area contributed by atoms with Gasteiger partial charge in [-0.25, -0.2) is 5.11 Å². The molecule has 0 spiro atoms. The highest BCUT2D eigenvalue weighted by Gasteiger charge is 2.00. The zero-order valence-electron chi connectivity index (χ0n) is 6.36. The van der Waals surface area contributed by atoms with Crippen molar-refractivity contribution in [3.05, 3.63) is 35.9 Å². The smallest absolute Gasteiger partial charge is 0.0976 e. The molecule has 1 aromatic rings. The van der Waals surface area contributed by atoms with Crippen molar-refractivity contribution in [2.45, 2.75) is 12.5 Å². The lowest BCUT2D eigenvalue weighted by atomic mass is 10.1. The highest BCUT2D eigenvalue weighted by Crippen LogP contribution is 2.00. The van der Waals surface area contributed by atoms with Crippen molar-refractivity contribution in [1.82, 2.24) is 0 Å². The number of benzene rings is 1. The van der Waals surface area contributed by atoms with Gasteiger partial charge in [0.05, 0.1) is 6.61 Å². The van der Waals surface area contributed by atoms with Gasteiger partial charge in [0.2, 0.25) is 0 Å². The van der Waals surface area contributed by atoms with Crippen molar-refractivity contribution in [3.63, 3.8) is 0 Å². The zero-order valence-corrected chi connectivity index (χ0v) is 6.36. The number of rotatable bonds is 3. The monoisotopic (exact) mass is 150 g/mol. The van der Waals surface area contributed by atoms with Crippen molar-refractivity contribution in [2.75, 3.05) is 6.61 Å². The molecule has 1 atom stereocenters. The fourth-order valence-electron chi connectivity index (χ4n) is 0.976. The molecule has 2 nitrogen and oxygen atoms in total. The average Bonchev–Trinajstić information content (AvgIpc) is 2.06. The summed E-state index contributed by atoms with van der Waals surface area (Å²) >= 11 is 0. The molecule has 1 rings (SSSR count). The molecule has 11 heavy (non-hydrogen) atoms. The van der Waals surface area contributed by atoms with Gasteiger partial charge in [-0.2, -0.15) is 0 Å². The molecule has 1 unspecified atom stereocenters. The topological polar surface area (TPSA) is 45.9 Å². The third-order valence-corrected chi connectivity index (χ3v) is 1.55. The van der Waals surface area contributed by atoms with Gasteiger partial charge in [0.1, 0.15) is 0 Å².